The monoisotopic (exact) mass is 293 g/mol. The van der Waals surface area contributed by atoms with Crippen LogP contribution >= 0.6 is 0 Å². The molecule has 0 bridgehead atoms. The number of fused-ring (bicyclic) bond motifs is 1. The van der Waals surface area contributed by atoms with Gasteiger partial charge in [0.25, 0.3) is 0 Å². The molecular formula is C18H35N3. The molecular weight excluding hydrogens is 258 g/mol. The van der Waals surface area contributed by atoms with Crippen LogP contribution in [0.15, 0.2) is 0 Å². The first-order valence-corrected chi connectivity index (χ1v) is 9.37. The molecule has 3 nitrogen and oxygen atoms in total. The Labute approximate surface area is 131 Å². The van der Waals surface area contributed by atoms with Crippen LogP contribution in [0.4, 0.5) is 0 Å². The lowest BCUT2D eigenvalue weighted by Crippen LogP contribution is -2.58. The maximum absolute atomic E-state index is 3.81. The predicted octanol–water partition coefficient (Wildman–Crippen LogP) is 2.71. The summed E-state index contributed by atoms with van der Waals surface area (Å²) in [6.45, 7) is 13.7. The van der Waals surface area contributed by atoms with E-state index < -0.39 is 0 Å². The maximum Gasteiger partial charge on any atom is 0.0224 e. The zero-order chi connectivity index (χ0) is 14.9. The molecule has 21 heavy (non-hydrogen) atoms. The summed E-state index contributed by atoms with van der Waals surface area (Å²) in [5.41, 5.74) is 0.484. The third-order valence-electron chi connectivity index (χ3n) is 6.45. The second kappa shape index (κ2) is 6.55. The Bertz CT molecular complexity index is 335. The Hall–Kier alpha value is -0.120. The highest BCUT2D eigenvalue weighted by Gasteiger charge is 2.38. The lowest BCUT2D eigenvalue weighted by Gasteiger charge is -2.47. The second-order valence-electron chi connectivity index (χ2n) is 7.93. The standard InChI is InChI=1S/C18H35N3/c1-4-18(5-2,13-19-16-8-9-16)14-21-12-17-7-6-10-20(17)11-15(21)3/h15-17,19H,4-14H2,1-3H3. The summed E-state index contributed by atoms with van der Waals surface area (Å²) in [5, 5.41) is 3.81. The summed E-state index contributed by atoms with van der Waals surface area (Å²) in [7, 11) is 0. The highest BCUT2D eigenvalue weighted by molar-refractivity contribution is 4.95. The summed E-state index contributed by atoms with van der Waals surface area (Å²) >= 11 is 0. The highest BCUT2D eigenvalue weighted by Crippen LogP contribution is 2.32. The maximum atomic E-state index is 3.81. The molecule has 2 heterocycles. The van der Waals surface area contributed by atoms with E-state index in [2.05, 4.69) is 35.9 Å². The fraction of sp³-hybridized carbons (Fsp3) is 1.00. The molecule has 0 radical (unpaired) electrons. The van der Waals surface area contributed by atoms with Gasteiger partial charge in [0.1, 0.15) is 0 Å². The Balaban J connectivity index is 1.60. The van der Waals surface area contributed by atoms with Gasteiger partial charge >= 0.3 is 0 Å². The molecule has 122 valence electrons. The topological polar surface area (TPSA) is 18.5 Å². The minimum atomic E-state index is 0.484. The first kappa shape index (κ1) is 15.8. The van der Waals surface area contributed by atoms with Crippen molar-refractivity contribution in [3.63, 3.8) is 0 Å². The van der Waals surface area contributed by atoms with Crippen molar-refractivity contribution in [2.24, 2.45) is 5.41 Å². The van der Waals surface area contributed by atoms with Crippen molar-refractivity contribution in [3.05, 3.63) is 0 Å². The van der Waals surface area contributed by atoms with Crippen LogP contribution in [0.3, 0.4) is 0 Å². The van der Waals surface area contributed by atoms with Crippen LogP contribution < -0.4 is 5.32 Å². The zero-order valence-corrected chi connectivity index (χ0v) is 14.4. The van der Waals surface area contributed by atoms with E-state index in [1.807, 2.05) is 0 Å². The minimum absolute atomic E-state index is 0.484. The molecule has 2 unspecified atom stereocenters. The van der Waals surface area contributed by atoms with Gasteiger partial charge in [-0.1, -0.05) is 13.8 Å². The normalized spacial score (nSPS) is 31.6. The number of nitrogens with zero attached hydrogens (tertiary/aromatic N) is 2. The Morgan fingerprint density at radius 2 is 1.86 bits per heavy atom. The van der Waals surface area contributed by atoms with E-state index in [1.54, 1.807) is 0 Å². The largest absolute Gasteiger partial charge is 0.313 e. The van der Waals surface area contributed by atoms with Crippen LogP contribution in [0.5, 0.6) is 0 Å². The van der Waals surface area contributed by atoms with E-state index >= 15 is 0 Å². The van der Waals surface area contributed by atoms with Crippen molar-refractivity contribution in [3.8, 4) is 0 Å². The van der Waals surface area contributed by atoms with Gasteiger partial charge in [0, 0.05) is 44.3 Å². The molecule has 0 amide bonds. The first-order valence-electron chi connectivity index (χ1n) is 9.37. The number of hydrogen-bond donors (Lipinski definition) is 1. The molecule has 1 saturated carbocycles. The smallest absolute Gasteiger partial charge is 0.0224 e. The van der Waals surface area contributed by atoms with Crippen molar-refractivity contribution in [2.45, 2.75) is 77.4 Å². The third-order valence-corrected chi connectivity index (χ3v) is 6.45. The van der Waals surface area contributed by atoms with Crippen LogP contribution in [-0.4, -0.2) is 60.6 Å². The fourth-order valence-electron chi connectivity index (χ4n) is 4.33. The molecule has 2 saturated heterocycles. The molecule has 0 spiro atoms. The average Bonchev–Trinajstić information content (AvgIpc) is 3.22. The Morgan fingerprint density at radius 1 is 1.10 bits per heavy atom. The molecule has 0 aromatic rings. The summed E-state index contributed by atoms with van der Waals surface area (Å²) in [5.74, 6) is 0. The summed E-state index contributed by atoms with van der Waals surface area (Å²) in [6, 6.07) is 2.42. The van der Waals surface area contributed by atoms with Crippen LogP contribution in [0.2, 0.25) is 0 Å². The lowest BCUT2D eigenvalue weighted by molar-refractivity contribution is 0.0223. The van der Waals surface area contributed by atoms with Gasteiger partial charge in [0.2, 0.25) is 0 Å². The van der Waals surface area contributed by atoms with Gasteiger partial charge < -0.3 is 5.32 Å². The van der Waals surface area contributed by atoms with Crippen molar-refractivity contribution >= 4 is 0 Å². The van der Waals surface area contributed by atoms with Gasteiger partial charge in [0.05, 0.1) is 0 Å². The fourth-order valence-corrected chi connectivity index (χ4v) is 4.33. The van der Waals surface area contributed by atoms with E-state index in [0.717, 1.165) is 18.1 Å². The van der Waals surface area contributed by atoms with E-state index in [1.165, 1.54) is 71.2 Å². The van der Waals surface area contributed by atoms with Gasteiger partial charge in [-0.05, 0) is 57.4 Å². The van der Waals surface area contributed by atoms with Crippen molar-refractivity contribution in [2.75, 3.05) is 32.7 Å². The minimum Gasteiger partial charge on any atom is -0.313 e. The molecule has 2 atom stereocenters. The van der Waals surface area contributed by atoms with E-state index in [9.17, 15) is 0 Å². The van der Waals surface area contributed by atoms with Crippen LogP contribution in [0.1, 0.15) is 59.3 Å². The first-order chi connectivity index (χ1) is 10.2. The van der Waals surface area contributed by atoms with Crippen molar-refractivity contribution in [1.29, 1.82) is 0 Å². The molecule has 1 N–H and O–H groups in total. The molecule has 2 aliphatic heterocycles. The number of piperazine rings is 1. The third kappa shape index (κ3) is 3.62. The molecule has 1 aliphatic carbocycles. The van der Waals surface area contributed by atoms with Gasteiger partial charge in [0.15, 0.2) is 0 Å². The number of nitrogens with one attached hydrogen (secondary N) is 1. The Morgan fingerprint density at radius 3 is 2.52 bits per heavy atom. The highest BCUT2D eigenvalue weighted by atomic mass is 15.3. The van der Waals surface area contributed by atoms with Gasteiger partial charge in [-0.3, -0.25) is 9.80 Å². The number of hydrogen-bond acceptors (Lipinski definition) is 3. The summed E-state index contributed by atoms with van der Waals surface area (Å²) < 4.78 is 0. The molecule has 3 rings (SSSR count). The van der Waals surface area contributed by atoms with Gasteiger partial charge in [-0.2, -0.15) is 0 Å². The van der Waals surface area contributed by atoms with Crippen molar-refractivity contribution in [1.82, 2.24) is 15.1 Å². The molecule has 0 aromatic carbocycles. The average molecular weight is 293 g/mol. The van der Waals surface area contributed by atoms with Crippen LogP contribution in [0.25, 0.3) is 0 Å². The SMILES string of the molecule is CCC(CC)(CNC1CC1)CN1CC2CCCN2CC1C. The summed E-state index contributed by atoms with van der Waals surface area (Å²) in [6.07, 6.45) is 8.26. The molecule has 3 fully saturated rings. The predicted molar refractivity (Wildman–Crippen MR) is 89.7 cm³/mol. The molecule has 3 heteroatoms. The van der Waals surface area contributed by atoms with Crippen LogP contribution in [-0.2, 0) is 0 Å². The summed E-state index contributed by atoms with van der Waals surface area (Å²) in [4.78, 5) is 5.55. The second-order valence-corrected chi connectivity index (χ2v) is 7.93. The van der Waals surface area contributed by atoms with Gasteiger partial charge in [-0.15, -0.1) is 0 Å². The van der Waals surface area contributed by atoms with E-state index in [-0.39, 0.29) is 0 Å². The van der Waals surface area contributed by atoms with Crippen molar-refractivity contribution < 1.29 is 0 Å². The zero-order valence-electron chi connectivity index (χ0n) is 14.4. The lowest BCUT2D eigenvalue weighted by atomic mass is 9.81. The van der Waals surface area contributed by atoms with E-state index in [0.29, 0.717) is 5.41 Å². The van der Waals surface area contributed by atoms with Crippen LogP contribution in [0, 0.1) is 5.41 Å². The number of rotatable bonds is 7. The molecule has 0 aromatic heterocycles. The molecule has 3 aliphatic rings. The van der Waals surface area contributed by atoms with E-state index in [4.69, 9.17) is 0 Å². The quantitative estimate of drug-likeness (QED) is 0.778. The Kier molecular flexibility index (Phi) is 4.92. The van der Waals surface area contributed by atoms with Gasteiger partial charge in [-0.25, -0.2) is 0 Å².